The Morgan fingerprint density at radius 3 is 2.08 bits per heavy atom. The molecular formula is C21H17NO2. The third-order valence-electron chi connectivity index (χ3n) is 4.29. The third-order valence-corrected chi connectivity index (χ3v) is 4.29. The quantitative estimate of drug-likeness (QED) is 0.748. The Hall–Kier alpha value is -3.07. The fourth-order valence-electron chi connectivity index (χ4n) is 3.12. The van der Waals surface area contributed by atoms with Crippen LogP contribution in [0.3, 0.4) is 0 Å². The highest BCUT2D eigenvalue weighted by Gasteiger charge is 2.36. The smallest absolute Gasteiger partial charge is 0.408 e. The first-order chi connectivity index (χ1) is 11.8. The molecule has 3 aromatic carbocycles. The summed E-state index contributed by atoms with van der Waals surface area (Å²) in [6, 6.07) is 28.1. The van der Waals surface area contributed by atoms with Gasteiger partial charge in [0.15, 0.2) is 6.10 Å². The molecule has 1 aliphatic heterocycles. The molecule has 0 radical (unpaired) electrons. The highest BCUT2D eigenvalue weighted by atomic mass is 16.6. The van der Waals surface area contributed by atoms with E-state index in [1.807, 2.05) is 60.7 Å². The molecule has 4 rings (SSSR count). The highest BCUT2D eigenvalue weighted by Crippen LogP contribution is 2.37. The van der Waals surface area contributed by atoms with E-state index in [0.29, 0.717) is 0 Å². The first-order valence-corrected chi connectivity index (χ1v) is 7.99. The SMILES string of the molecule is O=C1N[C@H](c2cccc(-c3ccccc3)c2)[C@@H](c2ccccc2)O1. The van der Waals surface area contributed by atoms with Crippen LogP contribution in [0.2, 0.25) is 0 Å². The molecule has 1 N–H and O–H groups in total. The van der Waals surface area contributed by atoms with Crippen LogP contribution in [-0.2, 0) is 4.74 Å². The van der Waals surface area contributed by atoms with Crippen LogP contribution in [0.1, 0.15) is 23.3 Å². The molecule has 0 bridgehead atoms. The van der Waals surface area contributed by atoms with Crippen LogP contribution in [0, 0.1) is 0 Å². The average molecular weight is 315 g/mol. The third kappa shape index (κ3) is 2.76. The minimum atomic E-state index is -0.376. The molecule has 118 valence electrons. The zero-order chi connectivity index (χ0) is 16.4. The normalized spacial score (nSPS) is 19.6. The Morgan fingerprint density at radius 1 is 0.708 bits per heavy atom. The van der Waals surface area contributed by atoms with Crippen molar-refractivity contribution in [3.63, 3.8) is 0 Å². The van der Waals surface area contributed by atoms with E-state index >= 15 is 0 Å². The Balaban J connectivity index is 1.71. The number of alkyl carbamates (subject to hydrolysis) is 1. The van der Waals surface area contributed by atoms with Gasteiger partial charge in [0.2, 0.25) is 0 Å². The number of hydrogen-bond acceptors (Lipinski definition) is 2. The number of ether oxygens (including phenoxy) is 1. The molecule has 0 aliphatic carbocycles. The topological polar surface area (TPSA) is 38.3 Å². The number of amides is 1. The lowest BCUT2D eigenvalue weighted by Crippen LogP contribution is -2.19. The van der Waals surface area contributed by atoms with Crippen molar-refractivity contribution in [2.75, 3.05) is 0 Å². The van der Waals surface area contributed by atoms with Crippen LogP contribution >= 0.6 is 0 Å². The maximum Gasteiger partial charge on any atom is 0.408 e. The van der Waals surface area contributed by atoms with Crippen molar-refractivity contribution >= 4 is 6.09 Å². The number of nitrogens with one attached hydrogen (secondary N) is 1. The Kier molecular flexibility index (Phi) is 3.75. The zero-order valence-corrected chi connectivity index (χ0v) is 13.1. The molecule has 0 spiro atoms. The van der Waals surface area contributed by atoms with Crippen molar-refractivity contribution in [1.82, 2.24) is 5.32 Å². The minimum absolute atomic E-state index is 0.191. The van der Waals surface area contributed by atoms with Crippen LogP contribution in [-0.4, -0.2) is 6.09 Å². The number of hydrogen-bond donors (Lipinski definition) is 1. The van der Waals surface area contributed by atoms with E-state index in [0.717, 1.165) is 22.3 Å². The fourth-order valence-corrected chi connectivity index (χ4v) is 3.12. The van der Waals surface area contributed by atoms with Crippen molar-refractivity contribution in [3.05, 3.63) is 96.1 Å². The summed E-state index contributed by atoms with van der Waals surface area (Å²) < 4.78 is 5.51. The van der Waals surface area contributed by atoms with Gasteiger partial charge in [-0.15, -0.1) is 0 Å². The van der Waals surface area contributed by atoms with E-state index in [2.05, 4.69) is 29.6 Å². The first kappa shape index (κ1) is 14.5. The molecular weight excluding hydrogens is 298 g/mol. The van der Waals surface area contributed by atoms with E-state index < -0.39 is 0 Å². The summed E-state index contributed by atoms with van der Waals surface area (Å²) in [6.45, 7) is 0. The van der Waals surface area contributed by atoms with E-state index in [9.17, 15) is 4.79 Å². The highest BCUT2D eigenvalue weighted by molar-refractivity contribution is 5.72. The van der Waals surface area contributed by atoms with Gasteiger partial charge in [0.1, 0.15) is 0 Å². The second kappa shape index (κ2) is 6.20. The van der Waals surface area contributed by atoms with Crippen molar-refractivity contribution in [1.29, 1.82) is 0 Å². The van der Waals surface area contributed by atoms with Crippen LogP contribution in [0.4, 0.5) is 4.79 Å². The Labute approximate surface area is 140 Å². The van der Waals surface area contributed by atoms with Crippen molar-refractivity contribution in [2.45, 2.75) is 12.1 Å². The summed E-state index contributed by atoms with van der Waals surface area (Å²) >= 11 is 0. The number of carbonyl (C=O) groups excluding carboxylic acids is 1. The monoisotopic (exact) mass is 315 g/mol. The van der Waals surface area contributed by atoms with Crippen LogP contribution in [0.25, 0.3) is 11.1 Å². The molecule has 3 nitrogen and oxygen atoms in total. The molecule has 1 fully saturated rings. The summed E-state index contributed by atoms with van der Waals surface area (Å²) in [5.41, 5.74) is 4.31. The number of rotatable bonds is 3. The lowest BCUT2D eigenvalue weighted by Gasteiger charge is -2.18. The van der Waals surface area contributed by atoms with Gasteiger partial charge in [-0.25, -0.2) is 4.79 Å². The minimum Gasteiger partial charge on any atom is -0.439 e. The summed E-state index contributed by atoms with van der Waals surface area (Å²) in [7, 11) is 0. The van der Waals surface area contributed by atoms with E-state index in [1.165, 1.54) is 0 Å². The van der Waals surface area contributed by atoms with Crippen LogP contribution < -0.4 is 5.32 Å². The molecule has 2 atom stereocenters. The van der Waals surface area contributed by atoms with E-state index in [4.69, 9.17) is 4.74 Å². The molecule has 1 aliphatic rings. The summed E-state index contributed by atoms with van der Waals surface area (Å²) in [5, 5.41) is 2.94. The summed E-state index contributed by atoms with van der Waals surface area (Å²) in [6.07, 6.45) is -0.691. The van der Waals surface area contributed by atoms with Gasteiger partial charge in [-0.2, -0.15) is 0 Å². The van der Waals surface area contributed by atoms with Gasteiger partial charge in [0, 0.05) is 0 Å². The molecule has 24 heavy (non-hydrogen) atoms. The first-order valence-electron chi connectivity index (χ1n) is 7.99. The van der Waals surface area contributed by atoms with Gasteiger partial charge >= 0.3 is 6.09 Å². The maximum atomic E-state index is 11.8. The molecule has 1 heterocycles. The summed E-state index contributed by atoms with van der Waals surface area (Å²) in [5.74, 6) is 0. The van der Waals surface area contributed by atoms with Crippen LogP contribution in [0.15, 0.2) is 84.9 Å². The lowest BCUT2D eigenvalue weighted by molar-refractivity contribution is 0.132. The maximum absolute atomic E-state index is 11.8. The van der Waals surface area contributed by atoms with Gasteiger partial charge in [-0.1, -0.05) is 78.9 Å². The van der Waals surface area contributed by atoms with Crippen molar-refractivity contribution in [2.24, 2.45) is 0 Å². The fraction of sp³-hybridized carbons (Fsp3) is 0.0952. The molecule has 1 amide bonds. The van der Waals surface area contributed by atoms with Gasteiger partial charge < -0.3 is 10.1 Å². The van der Waals surface area contributed by atoms with Crippen molar-refractivity contribution < 1.29 is 9.53 Å². The van der Waals surface area contributed by atoms with Gasteiger partial charge in [0.05, 0.1) is 6.04 Å². The number of benzene rings is 3. The van der Waals surface area contributed by atoms with Crippen LogP contribution in [0.5, 0.6) is 0 Å². The predicted molar refractivity (Wildman–Crippen MR) is 93.4 cm³/mol. The molecule has 1 saturated heterocycles. The lowest BCUT2D eigenvalue weighted by atomic mass is 9.94. The summed E-state index contributed by atoms with van der Waals surface area (Å²) in [4.78, 5) is 11.8. The number of cyclic esters (lactones) is 1. The molecule has 0 aromatic heterocycles. The van der Waals surface area contributed by atoms with Gasteiger partial charge in [-0.3, -0.25) is 0 Å². The number of carbonyl (C=O) groups is 1. The van der Waals surface area contributed by atoms with Gasteiger partial charge in [0.25, 0.3) is 0 Å². The molecule has 3 aromatic rings. The van der Waals surface area contributed by atoms with E-state index in [1.54, 1.807) is 0 Å². The van der Waals surface area contributed by atoms with Crippen molar-refractivity contribution in [3.8, 4) is 11.1 Å². The molecule has 0 saturated carbocycles. The largest absolute Gasteiger partial charge is 0.439 e. The average Bonchev–Trinajstić information content (AvgIpc) is 3.05. The predicted octanol–water partition coefficient (Wildman–Crippen LogP) is 4.88. The second-order valence-electron chi connectivity index (χ2n) is 5.85. The molecule has 0 unspecified atom stereocenters. The Bertz CT molecular complexity index is 846. The molecule has 3 heteroatoms. The zero-order valence-electron chi connectivity index (χ0n) is 13.1. The Morgan fingerprint density at radius 2 is 1.33 bits per heavy atom. The van der Waals surface area contributed by atoms with E-state index in [-0.39, 0.29) is 18.2 Å². The second-order valence-corrected chi connectivity index (χ2v) is 5.85. The standard InChI is InChI=1S/C21H17NO2/c23-21-22-19(20(24-21)16-10-5-2-6-11-16)18-13-7-12-17(14-18)15-8-3-1-4-9-15/h1-14,19-20H,(H,22,23)/t19-,20-/m1/s1. The van der Waals surface area contributed by atoms with Gasteiger partial charge in [-0.05, 0) is 28.3 Å².